The van der Waals surface area contributed by atoms with E-state index in [9.17, 15) is 9.59 Å². The maximum absolute atomic E-state index is 12.3. The number of fused-ring (bicyclic) bond motifs is 1. The zero-order valence-corrected chi connectivity index (χ0v) is 15.5. The third-order valence-corrected chi connectivity index (χ3v) is 5.01. The number of rotatable bonds is 4. The van der Waals surface area contributed by atoms with Gasteiger partial charge in [0.05, 0.1) is 10.2 Å². The van der Waals surface area contributed by atoms with Crippen LogP contribution in [-0.4, -0.2) is 16.8 Å². The van der Waals surface area contributed by atoms with Crippen molar-refractivity contribution in [2.45, 2.75) is 0 Å². The van der Waals surface area contributed by atoms with Crippen molar-refractivity contribution in [3.8, 4) is 0 Å². The number of nitrogens with two attached hydrogens (primary N) is 1. The van der Waals surface area contributed by atoms with Gasteiger partial charge in [0, 0.05) is 22.5 Å². The van der Waals surface area contributed by atoms with E-state index in [1.54, 1.807) is 42.5 Å². The summed E-state index contributed by atoms with van der Waals surface area (Å²) in [7, 11) is 0. The number of hydrogen-bond donors (Lipinski definition) is 3. The van der Waals surface area contributed by atoms with Gasteiger partial charge in [0.1, 0.15) is 0 Å². The monoisotopic (exact) mass is 388 g/mol. The first-order chi connectivity index (χ1) is 13.6. The Labute approximate surface area is 165 Å². The van der Waals surface area contributed by atoms with E-state index in [0.717, 1.165) is 10.2 Å². The quantitative estimate of drug-likeness (QED) is 0.452. The number of amides is 2. The van der Waals surface area contributed by atoms with E-state index in [2.05, 4.69) is 15.6 Å². The molecule has 0 saturated carbocycles. The average molecular weight is 388 g/mol. The normalized spacial score (nSPS) is 10.6. The van der Waals surface area contributed by atoms with E-state index in [1.165, 1.54) is 11.3 Å². The number of hydrogen-bond acceptors (Lipinski definition) is 5. The van der Waals surface area contributed by atoms with E-state index in [4.69, 9.17) is 5.73 Å². The highest BCUT2D eigenvalue weighted by Crippen LogP contribution is 2.29. The molecule has 0 saturated heterocycles. The Hall–Kier alpha value is -3.71. The summed E-state index contributed by atoms with van der Waals surface area (Å²) in [4.78, 5) is 29.0. The summed E-state index contributed by atoms with van der Waals surface area (Å²) < 4.78 is 0.860. The molecule has 4 rings (SSSR count). The van der Waals surface area contributed by atoms with Crippen LogP contribution in [0, 0.1) is 0 Å². The molecule has 7 heteroatoms. The second-order valence-corrected chi connectivity index (χ2v) is 7.13. The molecule has 0 aliphatic heterocycles. The Morgan fingerprint density at radius 3 is 2.25 bits per heavy atom. The molecule has 138 valence electrons. The Kier molecular flexibility index (Phi) is 4.74. The number of nitrogens with one attached hydrogen (secondary N) is 2. The predicted molar refractivity (Wildman–Crippen MR) is 113 cm³/mol. The second kappa shape index (κ2) is 7.50. The van der Waals surface area contributed by atoms with Crippen LogP contribution in [0.15, 0.2) is 72.8 Å². The number of nitrogen functional groups attached to an aromatic ring is 1. The molecule has 0 atom stereocenters. The van der Waals surface area contributed by atoms with Crippen LogP contribution in [0.4, 0.5) is 16.5 Å². The SMILES string of the molecule is Nc1ccc(C(=O)Nc2nc3ccc(NC(=O)c4ccccc4)cc3s2)cc1. The summed E-state index contributed by atoms with van der Waals surface area (Å²) in [5.41, 5.74) is 8.75. The lowest BCUT2D eigenvalue weighted by molar-refractivity contribution is 0.101. The van der Waals surface area contributed by atoms with Crippen molar-refractivity contribution in [2.24, 2.45) is 0 Å². The van der Waals surface area contributed by atoms with Gasteiger partial charge in [0.2, 0.25) is 0 Å². The molecular weight excluding hydrogens is 372 g/mol. The first-order valence-corrected chi connectivity index (χ1v) is 9.34. The predicted octanol–water partition coefficient (Wildman–Crippen LogP) is 4.38. The molecule has 1 heterocycles. The van der Waals surface area contributed by atoms with Crippen molar-refractivity contribution in [1.29, 1.82) is 0 Å². The maximum atomic E-state index is 12.3. The highest BCUT2D eigenvalue weighted by atomic mass is 32.1. The molecule has 0 unspecified atom stereocenters. The van der Waals surface area contributed by atoms with E-state index >= 15 is 0 Å². The number of thiazole rings is 1. The zero-order valence-electron chi connectivity index (χ0n) is 14.7. The number of aromatic nitrogens is 1. The van der Waals surface area contributed by atoms with Gasteiger partial charge in [-0.25, -0.2) is 4.98 Å². The lowest BCUT2D eigenvalue weighted by atomic mass is 10.2. The van der Waals surface area contributed by atoms with Gasteiger partial charge in [-0.2, -0.15) is 0 Å². The fourth-order valence-corrected chi connectivity index (χ4v) is 3.55. The Morgan fingerprint density at radius 2 is 1.50 bits per heavy atom. The standard InChI is InChI=1S/C21H16N4O2S/c22-15-8-6-14(7-9-15)20(27)25-21-24-17-11-10-16(12-18(17)28-21)23-19(26)13-4-2-1-3-5-13/h1-12H,22H2,(H,23,26)(H,24,25,27). The van der Waals surface area contributed by atoms with Crippen molar-refractivity contribution in [3.63, 3.8) is 0 Å². The van der Waals surface area contributed by atoms with E-state index < -0.39 is 0 Å². The minimum atomic E-state index is -0.253. The van der Waals surface area contributed by atoms with Gasteiger partial charge in [-0.05, 0) is 54.6 Å². The van der Waals surface area contributed by atoms with Crippen molar-refractivity contribution in [2.75, 3.05) is 16.4 Å². The lowest BCUT2D eigenvalue weighted by Crippen LogP contribution is -2.11. The van der Waals surface area contributed by atoms with Crippen LogP contribution in [0.5, 0.6) is 0 Å². The van der Waals surface area contributed by atoms with Crippen LogP contribution < -0.4 is 16.4 Å². The molecular formula is C21H16N4O2S. The van der Waals surface area contributed by atoms with Crippen molar-refractivity contribution < 1.29 is 9.59 Å². The van der Waals surface area contributed by atoms with Gasteiger partial charge in [-0.3, -0.25) is 14.9 Å². The molecule has 0 aliphatic carbocycles. The first kappa shape index (κ1) is 17.7. The topological polar surface area (TPSA) is 97.1 Å². The minimum absolute atomic E-state index is 0.179. The molecule has 0 fully saturated rings. The van der Waals surface area contributed by atoms with Crippen molar-refractivity contribution in [3.05, 3.63) is 83.9 Å². The van der Waals surface area contributed by atoms with Gasteiger partial charge in [-0.15, -0.1) is 0 Å². The van der Waals surface area contributed by atoms with Crippen LogP contribution in [0.3, 0.4) is 0 Å². The smallest absolute Gasteiger partial charge is 0.257 e. The number of nitrogens with zero attached hydrogens (tertiary/aromatic N) is 1. The number of carbonyl (C=O) groups is 2. The Morgan fingerprint density at radius 1 is 0.821 bits per heavy atom. The summed E-state index contributed by atoms with van der Waals surface area (Å²) in [6.07, 6.45) is 0. The molecule has 3 aromatic carbocycles. The molecule has 28 heavy (non-hydrogen) atoms. The Bertz CT molecular complexity index is 1150. The van der Waals surface area contributed by atoms with Crippen molar-refractivity contribution in [1.82, 2.24) is 4.98 Å². The third-order valence-electron chi connectivity index (χ3n) is 4.08. The van der Waals surface area contributed by atoms with E-state index in [1.807, 2.05) is 30.3 Å². The average Bonchev–Trinajstić information content (AvgIpc) is 3.10. The molecule has 6 nitrogen and oxygen atoms in total. The maximum Gasteiger partial charge on any atom is 0.257 e. The fraction of sp³-hybridized carbons (Fsp3) is 0. The van der Waals surface area contributed by atoms with Crippen molar-refractivity contribution >= 4 is 49.9 Å². The number of anilines is 3. The molecule has 2 amide bonds. The molecule has 4 aromatic rings. The Balaban J connectivity index is 1.51. The highest BCUT2D eigenvalue weighted by Gasteiger charge is 2.11. The summed E-state index contributed by atoms with van der Waals surface area (Å²) >= 11 is 1.34. The second-order valence-electron chi connectivity index (χ2n) is 6.10. The van der Waals surface area contributed by atoms with Gasteiger partial charge in [0.25, 0.3) is 11.8 Å². The van der Waals surface area contributed by atoms with Gasteiger partial charge in [0.15, 0.2) is 5.13 Å². The summed E-state index contributed by atoms with van der Waals surface area (Å²) in [5.74, 6) is -0.432. The largest absolute Gasteiger partial charge is 0.399 e. The molecule has 0 bridgehead atoms. The van der Waals surface area contributed by atoms with Crippen LogP contribution in [0.25, 0.3) is 10.2 Å². The molecule has 4 N–H and O–H groups in total. The molecule has 0 aliphatic rings. The van der Waals surface area contributed by atoms with E-state index in [0.29, 0.717) is 27.6 Å². The van der Waals surface area contributed by atoms with Crippen LogP contribution in [-0.2, 0) is 0 Å². The summed E-state index contributed by atoms with van der Waals surface area (Å²) in [6.45, 7) is 0. The number of benzene rings is 3. The molecule has 1 aromatic heterocycles. The number of carbonyl (C=O) groups excluding carboxylic acids is 2. The van der Waals surface area contributed by atoms with Gasteiger partial charge < -0.3 is 11.1 Å². The summed E-state index contributed by atoms with van der Waals surface area (Å²) in [5, 5.41) is 6.16. The highest BCUT2D eigenvalue weighted by molar-refractivity contribution is 7.22. The molecule has 0 spiro atoms. The lowest BCUT2D eigenvalue weighted by Gasteiger charge is -2.04. The van der Waals surface area contributed by atoms with E-state index in [-0.39, 0.29) is 11.8 Å². The summed E-state index contributed by atoms with van der Waals surface area (Å²) in [6, 6.07) is 21.1. The van der Waals surface area contributed by atoms with Crippen LogP contribution in [0.1, 0.15) is 20.7 Å². The third kappa shape index (κ3) is 3.84. The van der Waals surface area contributed by atoms with Crippen LogP contribution >= 0.6 is 11.3 Å². The fourth-order valence-electron chi connectivity index (χ4n) is 2.65. The van der Waals surface area contributed by atoms with Gasteiger partial charge >= 0.3 is 0 Å². The minimum Gasteiger partial charge on any atom is -0.399 e. The molecule has 0 radical (unpaired) electrons. The zero-order chi connectivity index (χ0) is 19.5. The van der Waals surface area contributed by atoms with Gasteiger partial charge in [-0.1, -0.05) is 29.5 Å². The van der Waals surface area contributed by atoms with Crippen LogP contribution in [0.2, 0.25) is 0 Å². The first-order valence-electron chi connectivity index (χ1n) is 8.52.